The van der Waals surface area contributed by atoms with Gasteiger partial charge in [-0.3, -0.25) is 4.79 Å². The highest BCUT2D eigenvalue weighted by molar-refractivity contribution is 5.87. The maximum Gasteiger partial charge on any atom is 0.359 e. The minimum Gasteiger partial charge on any atom is -0.456 e. The van der Waals surface area contributed by atoms with Crippen molar-refractivity contribution in [2.75, 3.05) is 5.73 Å². The van der Waals surface area contributed by atoms with Gasteiger partial charge in [0.05, 0.1) is 11.6 Å². The number of aromatic nitrogens is 2. The van der Waals surface area contributed by atoms with E-state index in [2.05, 4.69) is 5.10 Å². The lowest BCUT2D eigenvalue weighted by molar-refractivity contribution is 0.0462. The molecule has 2 rings (SSSR count). The Bertz CT molecular complexity index is 805. The van der Waals surface area contributed by atoms with E-state index >= 15 is 0 Å². The van der Waals surface area contributed by atoms with Crippen molar-refractivity contribution in [1.82, 2.24) is 9.78 Å². The predicted molar refractivity (Wildman–Crippen MR) is 78.9 cm³/mol. The summed E-state index contributed by atoms with van der Waals surface area (Å²) in [6.07, 6.45) is 0. The second-order valence-electron chi connectivity index (χ2n) is 4.49. The number of carbonyl (C=O) groups is 1. The second kappa shape index (κ2) is 6.54. The molecule has 2 aromatic rings. The van der Waals surface area contributed by atoms with E-state index in [0.29, 0.717) is 17.7 Å². The van der Waals surface area contributed by atoms with E-state index in [9.17, 15) is 9.59 Å². The highest BCUT2D eigenvalue weighted by Crippen LogP contribution is 2.08. The summed E-state index contributed by atoms with van der Waals surface area (Å²) in [6.45, 7) is 2.02. The zero-order chi connectivity index (χ0) is 16.1. The quantitative estimate of drug-likeness (QED) is 0.845. The Morgan fingerprint density at radius 3 is 2.91 bits per heavy atom. The van der Waals surface area contributed by atoms with Crippen LogP contribution in [0.15, 0.2) is 35.1 Å². The van der Waals surface area contributed by atoms with E-state index in [0.717, 1.165) is 4.68 Å². The molecule has 0 unspecified atom stereocenters. The van der Waals surface area contributed by atoms with Crippen LogP contribution in [0, 0.1) is 11.3 Å². The molecule has 0 spiro atoms. The number of rotatable bonds is 4. The first kappa shape index (κ1) is 15.3. The fraction of sp³-hybridized carbons (Fsp3) is 0.200. The standard InChI is InChI=1S/C15H14N4O3/c1-2-19-14(20)12(17)7-13(18-19)15(21)22-9-11-5-3-4-10(6-11)8-16/h3-7H,2,9,17H2,1H3. The summed E-state index contributed by atoms with van der Waals surface area (Å²) in [6, 6.07) is 9.93. The number of ether oxygens (including phenoxy) is 1. The number of nitrogens with zero attached hydrogens (tertiary/aromatic N) is 3. The van der Waals surface area contributed by atoms with Gasteiger partial charge in [0, 0.05) is 12.6 Å². The van der Waals surface area contributed by atoms with Crippen molar-refractivity contribution in [2.45, 2.75) is 20.1 Å². The Kier molecular flexibility index (Phi) is 4.53. The van der Waals surface area contributed by atoms with E-state index in [1.165, 1.54) is 6.07 Å². The van der Waals surface area contributed by atoms with E-state index in [4.69, 9.17) is 15.7 Å². The lowest BCUT2D eigenvalue weighted by Gasteiger charge is -2.07. The number of esters is 1. The van der Waals surface area contributed by atoms with Gasteiger partial charge in [0.15, 0.2) is 5.69 Å². The molecule has 7 nitrogen and oxygen atoms in total. The maximum atomic E-state index is 12.0. The van der Waals surface area contributed by atoms with E-state index in [-0.39, 0.29) is 18.0 Å². The fourth-order valence-electron chi connectivity index (χ4n) is 1.83. The lowest BCUT2D eigenvalue weighted by Crippen LogP contribution is -2.27. The Morgan fingerprint density at radius 1 is 1.45 bits per heavy atom. The first-order chi connectivity index (χ1) is 10.5. The van der Waals surface area contributed by atoms with Gasteiger partial charge in [0.1, 0.15) is 12.3 Å². The summed E-state index contributed by atoms with van der Waals surface area (Å²) in [5, 5.41) is 12.7. The highest BCUT2D eigenvalue weighted by atomic mass is 16.5. The molecule has 0 saturated carbocycles. The zero-order valence-electron chi connectivity index (χ0n) is 11.9. The van der Waals surface area contributed by atoms with Gasteiger partial charge in [-0.25, -0.2) is 9.48 Å². The van der Waals surface area contributed by atoms with Gasteiger partial charge in [-0.05, 0) is 24.6 Å². The van der Waals surface area contributed by atoms with Gasteiger partial charge in [0.2, 0.25) is 0 Å². The van der Waals surface area contributed by atoms with Crippen molar-refractivity contribution in [3.63, 3.8) is 0 Å². The van der Waals surface area contributed by atoms with Crippen LogP contribution in [0.2, 0.25) is 0 Å². The first-order valence-corrected chi connectivity index (χ1v) is 6.59. The number of hydrogen-bond acceptors (Lipinski definition) is 6. The van der Waals surface area contributed by atoms with Gasteiger partial charge in [0.25, 0.3) is 5.56 Å². The Balaban J connectivity index is 2.14. The molecule has 2 N–H and O–H groups in total. The molecule has 1 aromatic carbocycles. The van der Waals surface area contributed by atoms with Crippen LogP contribution >= 0.6 is 0 Å². The average molecular weight is 298 g/mol. The van der Waals surface area contributed by atoms with Crippen LogP contribution in [0.25, 0.3) is 0 Å². The summed E-state index contributed by atoms with van der Waals surface area (Å²) in [5.41, 5.74) is 6.19. The largest absolute Gasteiger partial charge is 0.456 e. The Labute approximate surface area is 126 Å². The van der Waals surface area contributed by atoms with Crippen molar-refractivity contribution in [2.24, 2.45) is 0 Å². The van der Waals surface area contributed by atoms with Crippen LogP contribution < -0.4 is 11.3 Å². The third-order valence-corrected chi connectivity index (χ3v) is 2.94. The SMILES string of the molecule is CCn1nc(C(=O)OCc2cccc(C#N)c2)cc(N)c1=O. The lowest BCUT2D eigenvalue weighted by atomic mass is 10.1. The molecule has 0 aliphatic rings. The van der Waals surface area contributed by atoms with Gasteiger partial charge in [-0.2, -0.15) is 10.4 Å². The van der Waals surface area contributed by atoms with E-state index < -0.39 is 11.5 Å². The molecular formula is C15H14N4O3. The molecule has 22 heavy (non-hydrogen) atoms. The maximum absolute atomic E-state index is 12.0. The molecule has 0 bridgehead atoms. The topological polar surface area (TPSA) is 111 Å². The summed E-state index contributed by atoms with van der Waals surface area (Å²) < 4.78 is 6.23. The molecule has 0 radical (unpaired) electrons. The van der Waals surface area contributed by atoms with Crippen molar-refractivity contribution < 1.29 is 9.53 Å². The van der Waals surface area contributed by atoms with Gasteiger partial charge < -0.3 is 10.5 Å². The molecule has 0 amide bonds. The number of anilines is 1. The number of nitrogen functional groups attached to an aromatic ring is 1. The fourth-order valence-corrected chi connectivity index (χ4v) is 1.83. The second-order valence-corrected chi connectivity index (χ2v) is 4.49. The summed E-state index contributed by atoms with van der Waals surface area (Å²) in [5.74, 6) is -0.684. The molecule has 112 valence electrons. The molecular weight excluding hydrogens is 284 g/mol. The van der Waals surface area contributed by atoms with E-state index in [1.54, 1.807) is 31.2 Å². The minimum atomic E-state index is -0.684. The number of nitrogens with two attached hydrogens (primary N) is 1. The van der Waals surface area contributed by atoms with E-state index in [1.807, 2.05) is 6.07 Å². The first-order valence-electron chi connectivity index (χ1n) is 6.59. The molecule has 1 heterocycles. The van der Waals surface area contributed by atoms with Gasteiger partial charge in [-0.15, -0.1) is 0 Å². The van der Waals surface area contributed by atoms with Crippen molar-refractivity contribution in [3.05, 3.63) is 57.5 Å². The molecule has 1 aromatic heterocycles. The minimum absolute atomic E-state index is 0.00118. The zero-order valence-corrected chi connectivity index (χ0v) is 11.9. The highest BCUT2D eigenvalue weighted by Gasteiger charge is 2.13. The van der Waals surface area contributed by atoms with Crippen LogP contribution in [0.4, 0.5) is 5.69 Å². The third-order valence-electron chi connectivity index (χ3n) is 2.94. The van der Waals surface area contributed by atoms with Crippen LogP contribution in [0.5, 0.6) is 0 Å². The summed E-state index contributed by atoms with van der Waals surface area (Å²) >= 11 is 0. The Morgan fingerprint density at radius 2 is 2.23 bits per heavy atom. The van der Waals surface area contributed by atoms with Crippen LogP contribution in [0.1, 0.15) is 28.5 Å². The molecule has 7 heteroatoms. The van der Waals surface area contributed by atoms with Gasteiger partial charge >= 0.3 is 5.97 Å². The van der Waals surface area contributed by atoms with Gasteiger partial charge in [-0.1, -0.05) is 12.1 Å². The molecule has 0 aliphatic heterocycles. The van der Waals surface area contributed by atoms with Crippen LogP contribution in [0.3, 0.4) is 0 Å². The number of hydrogen-bond donors (Lipinski definition) is 1. The van der Waals surface area contributed by atoms with Crippen molar-refractivity contribution in [1.29, 1.82) is 5.26 Å². The summed E-state index contributed by atoms with van der Waals surface area (Å²) in [7, 11) is 0. The number of nitriles is 1. The molecule has 0 saturated heterocycles. The monoisotopic (exact) mass is 298 g/mol. The normalized spacial score (nSPS) is 10.0. The summed E-state index contributed by atoms with van der Waals surface area (Å²) in [4.78, 5) is 23.6. The van der Waals surface area contributed by atoms with Crippen LogP contribution in [-0.2, 0) is 17.9 Å². The predicted octanol–water partition coefficient (Wildman–Crippen LogP) is 1.07. The number of carbonyl (C=O) groups excluding carboxylic acids is 1. The molecule has 0 fully saturated rings. The molecule has 0 aliphatic carbocycles. The van der Waals surface area contributed by atoms with Crippen molar-refractivity contribution >= 4 is 11.7 Å². The number of aryl methyl sites for hydroxylation is 1. The third kappa shape index (κ3) is 3.30. The molecule has 0 atom stereocenters. The smallest absolute Gasteiger partial charge is 0.359 e. The van der Waals surface area contributed by atoms with Crippen LogP contribution in [-0.4, -0.2) is 15.7 Å². The number of benzene rings is 1. The van der Waals surface area contributed by atoms with Crippen molar-refractivity contribution in [3.8, 4) is 6.07 Å². The Hall–Kier alpha value is -3.14. The average Bonchev–Trinajstić information content (AvgIpc) is 2.55.